The Morgan fingerprint density at radius 3 is 2.81 bits per heavy atom. The van der Waals surface area contributed by atoms with Gasteiger partial charge in [-0.25, -0.2) is 0 Å². The maximum atomic E-state index is 12.0. The average Bonchev–Trinajstić information content (AvgIpc) is 2.40. The van der Waals surface area contributed by atoms with E-state index in [0.29, 0.717) is 15.2 Å². The number of amides is 1. The van der Waals surface area contributed by atoms with Crippen molar-refractivity contribution in [2.24, 2.45) is 0 Å². The highest BCUT2D eigenvalue weighted by molar-refractivity contribution is 9.10. The number of pyridine rings is 1. The van der Waals surface area contributed by atoms with Crippen molar-refractivity contribution >= 4 is 50.7 Å². The topological polar surface area (TPSA) is 51.1 Å². The van der Waals surface area contributed by atoms with Crippen LogP contribution in [0, 0.1) is 6.92 Å². The maximum absolute atomic E-state index is 12.0. The summed E-state index contributed by atoms with van der Waals surface area (Å²) in [5, 5.41) is 3.26. The van der Waals surface area contributed by atoms with Crippen LogP contribution in [0.15, 0.2) is 39.7 Å². The van der Waals surface area contributed by atoms with Gasteiger partial charge in [0.2, 0.25) is 5.91 Å². The van der Waals surface area contributed by atoms with Crippen LogP contribution in [0.2, 0.25) is 10.0 Å². The van der Waals surface area contributed by atoms with E-state index in [1.165, 1.54) is 4.57 Å². The third-order valence-corrected chi connectivity index (χ3v) is 4.11. The molecule has 0 saturated carbocycles. The fourth-order valence-electron chi connectivity index (χ4n) is 1.80. The zero-order valence-electron chi connectivity index (χ0n) is 11.0. The summed E-state index contributed by atoms with van der Waals surface area (Å²) in [5.74, 6) is -0.362. The molecule has 0 atom stereocenters. The molecule has 0 aliphatic heterocycles. The van der Waals surface area contributed by atoms with E-state index in [1.807, 2.05) is 6.92 Å². The highest BCUT2D eigenvalue weighted by atomic mass is 79.9. The summed E-state index contributed by atoms with van der Waals surface area (Å²) in [6.07, 6.45) is 1.62. The van der Waals surface area contributed by atoms with Crippen LogP contribution in [0.25, 0.3) is 0 Å². The second-order valence-electron chi connectivity index (χ2n) is 4.45. The molecule has 0 aliphatic rings. The van der Waals surface area contributed by atoms with Crippen LogP contribution in [0.1, 0.15) is 5.56 Å². The van der Waals surface area contributed by atoms with E-state index in [0.717, 1.165) is 5.56 Å². The molecular weight excluding hydrogens is 379 g/mol. The maximum Gasteiger partial charge on any atom is 0.265 e. The Balaban J connectivity index is 2.20. The van der Waals surface area contributed by atoms with Crippen LogP contribution in [-0.2, 0) is 11.3 Å². The molecule has 21 heavy (non-hydrogen) atoms. The van der Waals surface area contributed by atoms with E-state index < -0.39 is 0 Å². The Hall–Kier alpha value is -1.30. The number of hydrogen-bond acceptors (Lipinski definition) is 2. The third-order valence-electron chi connectivity index (χ3n) is 2.72. The summed E-state index contributed by atoms with van der Waals surface area (Å²) in [7, 11) is 0. The molecule has 4 nitrogen and oxygen atoms in total. The van der Waals surface area contributed by atoms with Gasteiger partial charge in [-0.05, 0) is 46.6 Å². The highest BCUT2D eigenvalue weighted by Gasteiger charge is 2.10. The number of rotatable bonds is 3. The molecule has 1 aromatic carbocycles. The number of hydrogen-bond donors (Lipinski definition) is 1. The summed E-state index contributed by atoms with van der Waals surface area (Å²) in [5.41, 5.74) is 1.01. The van der Waals surface area contributed by atoms with Gasteiger partial charge in [-0.2, -0.15) is 0 Å². The monoisotopic (exact) mass is 388 g/mol. The van der Waals surface area contributed by atoms with Gasteiger partial charge in [0.1, 0.15) is 6.54 Å². The largest absolute Gasteiger partial charge is 0.323 e. The van der Waals surface area contributed by atoms with Gasteiger partial charge in [-0.15, -0.1) is 0 Å². The molecule has 0 fully saturated rings. The first kappa shape index (κ1) is 16.1. The van der Waals surface area contributed by atoms with Crippen molar-refractivity contribution in [3.63, 3.8) is 0 Å². The summed E-state index contributed by atoms with van der Waals surface area (Å²) in [6, 6.07) is 6.65. The fourth-order valence-corrected chi connectivity index (χ4v) is 2.74. The fraction of sp³-hybridized carbons (Fsp3) is 0.143. The Labute approximate surface area is 139 Å². The second-order valence-corrected chi connectivity index (χ2v) is 6.09. The number of aryl methyl sites for hydroxylation is 1. The van der Waals surface area contributed by atoms with E-state index in [1.54, 1.807) is 30.5 Å². The van der Waals surface area contributed by atoms with Crippen molar-refractivity contribution < 1.29 is 4.79 Å². The lowest BCUT2D eigenvalue weighted by Crippen LogP contribution is -2.28. The minimum absolute atomic E-state index is 0.109. The Bertz CT molecular complexity index is 759. The summed E-state index contributed by atoms with van der Waals surface area (Å²) in [6.45, 7) is 1.73. The van der Waals surface area contributed by atoms with Gasteiger partial charge in [0.05, 0.1) is 20.2 Å². The molecule has 0 unspecified atom stereocenters. The summed E-state index contributed by atoms with van der Waals surface area (Å²) >= 11 is 15.1. The predicted octanol–water partition coefficient (Wildman–Crippen LogP) is 3.86. The molecule has 0 aliphatic carbocycles. The van der Waals surface area contributed by atoms with Crippen LogP contribution in [-0.4, -0.2) is 10.5 Å². The van der Waals surface area contributed by atoms with Crippen molar-refractivity contribution in [1.82, 2.24) is 4.57 Å². The average molecular weight is 390 g/mol. The number of anilines is 1. The van der Waals surface area contributed by atoms with Gasteiger partial charge in [0.25, 0.3) is 5.56 Å². The van der Waals surface area contributed by atoms with Crippen LogP contribution < -0.4 is 10.9 Å². The number of nitrogens with zero attached hydrogens (tertiary/aromatic N) is 1. The van der Waals surface area contributed by atoms with Crippen molar-refractivity contribution in [2.75, 3.05) is 5.32 Å². The molecule has 0 radical (unpaired) electrons. The summed E-state index contributed by atoms with van der Waals surface area (Å²) in [4.78, 5) is 24.0. The van der Waals surface area contributed by atoms with Gasteiger partial charge < -0.3 is 9.88 Å². The Morgan fingerprint density at radius 1 is 1.38 bits per heavy atom. The van der Waals surface area contributed by atoms with Crippen LogP contribution in [0.3, 0.4) is 0 Å². The van der Waals surface area contributed by atoms with E-state index >= 15 is 0 Å². The molecule has 110 valence electrons. The molecule has 7 heteroatoms. The molecule has 1 aromatic heterocycles. The first-order chi connectivity index (χ1) is 9.88. The van der Waals surface area contributed by atoms with Gasteiger partial charge in [0.15, 0.2) is 0 Å². The van der Waals surface area contributed by atoms with Crippen LogP contribution in [0.4, 0.5) is 5.69 Å². The standard InChI is InChI=1S/C14H11BrCl2N2O2/c1-8-5-9(15)14(21)19(6-8)7-12(20)18-11-4-2-3-10(16)13(11)17/h2-6H,7H2,1H3,(H,18,20). The van der Waals surface area contributed by atoms with E-state index in [-0.39, 0.29) is 23.0 Å². The van der Waals surface area contributed by atoms with Gasteiger partial charge in [0, 0.05) is 6.20 Å². The lowest BCUT2D eigenvalue weighted by atomic mass is 10.3. The van der Waals surface area contributed by atoms with Crippen molar-refractivity contribution in [3.05, 3.63) is 60.9 Å². The lowest BCUT2D eigenvalue weighted by Gasteiger charge is -2.10. The van der Waals surface area contributed by atoms with E-state index in [9.17, 15) is 9.59 Å². The minimum atomic E-state index is -0.362. The minimum Gasteiger partial charge on any atom is -0.323 e. The number of aromatic nitrogens is 1. The van der Waals surface area contributed by atoms with Crippen LogP contribution in [0.5, 0.6) is 0 Å². The van der Waals surface area contributed by atoms with Crippen molar-refractivity contribution in [3.8, 4) is 0 Å². The quantitative estimate of drug-likeness (QED) is 0.866. The van der Waals surface area contributed by atoms with Crippen LogP contribution >= 0.6 is 39.1 Å². The predicted molar refractivity (Wildman–Crippen MR) is 88.2 cm³/mol. The van der Waals surface area contributed by atoms with Gasteiger partial charge in [-0.1, -0.05) is 29.3 Å². The molecule has 2 rings (SSSR count). The summed E-state index contributed by atoms with van der Waals surface area (Å²) < 4.78 is 1.74. The normalized spacial score (nSPS) is 10.5. The van der Waals surface area contributed by atoms with Crippen molar-refractivity contribution in [2.45, 2.75) is 13.5 Å². The number of benzene rings is 1. The zero-order valence-corrected chi connectivity index (χ0v) is 14.1. The Morgan fingerprint density at radius 2 is 2.10 bits per heavy atom. The number of carbonyl (C=O) groups is 1. The third kappa shape index (κ3) is 3.87. The number of nitrogens with one attached hydrogen (secondary N) is 1. The number of carbonyl (C=O) groups excluding carboxylic acids is 1. The van der Waals surface area contributed by atoms with Crippen molar-refractivity contribution in [1.29, 1.82) is 0 Å². The van der Waals surface area contributed by atoms with E-state index in [4.69, 9.17) is 23.2 Å². The van der Waals surface area contributed by atoms with E-state index in [2.05, 4.69) is 21.2 Å². The van der Waals surface area contributed by atoms with Gasteiger partial charge >= 0.3 is 0 Å². The molecule has 0 bridgehead atoms. The SMILES string of the molecule is Cc1cc(Br)c(=O)n(CC(=O)Nc2cccc(Cl)c2Cl)c1. The molecule has 1 heterocycles. The molecule has 0 spiro atoms. The first-order valence-corrected chi connectivity index (χ1v) is 7.54. The highest BCUT2D eigenvalue weighted by Crippen LogP contribution is 2.29. The molecular formula is C14H11BrCl2N2O2. The number of halogens is 3. The lowest BCUT2D eigenvalue weighted by molar-refractivity contribution is -0.116. The second kappa shape index (κ2) is 6.64. The molecule has 0 saturated heterocycles. The zero-order chi connectivity index (χ0) is 15.6. The molecule has 2 aromatic rings. The molecule has 1 amide bonds. The molecule has 1 N–H and O–H groups in total. The Kier molecular flexibility index (Phi) is 5.08. The smallest absolute Gasteiger partial charge is 0.265 e. The van der Waals surface area contributed by atoms with Gasteiger partial charge in [-0.3, -0.25) is 9.59 Å². The first-order valence-electron chi connectivity index (χ1n) is 5.99.